The van der Waals surface area contributed by atoms with Crippen molar-refractivity contribution in [2.24, 2.45) is 5.73 Å². The smallest absolute Gasteiger partial charge is 0.262 e. The number of thiophene rings is 1. The fraction of sp³-hybridized carbons (Fsp3) is 0.444. The van der Waals surface area contributed by atoms with Gasteiger partial charge in [-0.3, -0.25) is 4.79 Å². The third-order valence-corrected chi connectivity index (χ3v) is 3.54. The summed E-state index contributed by atoms with van der Waals surface area (Å²) in [5.41, 5.74) is 5.34. The molecule has 3 N–H and O–H groups in total. The van der Waals surface area contributed by atoms with Crippen molar-refractivity contribution in [3.63, 3.8) is 0 Å². The molecule has 1 rings (SSSR count). The van der Waals surface area contributed by atoms with Crippen LogP contribution in [0.3, 0.4) is 0 Å². The van der Waals surface area contributed by atoms with E-state index in [2.05, 4.69) is 5.32 Å². The number of nitrogens with two attached hydrogens (primary N) is 1. The van der Waals surface area contributed by atoms with Gasteiger partial charge in [-0.05, 0) is 30.7 Å². The summed E-state index contributed by atoms with van der Waals surface area (Å²) in [6.45, 7) is 1.27. The topological polar surface area (TPSA) is 55.1 Å². The number of hydrogen-bond donors (Lipinski definition) is 2. The van der Waals surface area contributed by atoms with Gasteiger partial charge in [-0.25, -0.2) is 0 Å². The maximum absolute atomic E-state index is 11.6. The van der Waals surface area contributed by atoms with Crippen LogP contribution in [0.25, 0.3) is 0 Å². The quantitative estimate of drug-likeness (QED) is 0.596. The lowest BCUT2D eigenvalue weighted by atomic mass is 10.4. The molecule has 5 heteroatoms. The van der Waals surface area contributed by atoms with Crippen LogP contribution in [0.5, 0.6) is 0 Å². The molecule has 0 aliphatic heterocycles. The summed E-state index contributed by atoms with van der Waals surface area (Å²) >= 11 is 3.07. The minimum atomic E-state index is 0.0119. The van der Waals surface area contributed by atoms with E-state index in [0.29, 0.717) is 13.1 Å². The Morgan fingerprint density at radius 3 is 3.14 bits per heavy atom. The van der Waals surface area contributed by atoms with Crippen molar-refractivity contribution in [2.45, 2.75) is 11.3 Å². The Bertz CT molecular complexity index is 299. The monoisotopic (exact) mass is 230 g/mol. The number of thioether (sulfide) groups is 1. The molecular formula is C9H14N2OS2. The number of amides is 1. The minimum absolute atomic E-state index is 0.0119. The predicted octanol–water partition coefficient (Wildman–Crippen LogP) is 1.55. The van der Waals surface area contributed by atoms with Crippen LogP contribution >= 0.6 is 23.1 Å². The van der Waals surface area contributed by atoms with E-state index >= 15 is 0 Å². The highest BCUT2D eigenvalue weighted by atomic mass is 32.2. The molecule has 0 radical (unpaired) electrons. The summed E-state index contributed by atoms with van der Waals surface area (Å²) in [5.74, 6) is 0.0119. The Morgan fingerprint density at radius 2 is 2.50 bits per heavy atom. The van der Waals surface area contributed by atoms with Gasteiger partial charge < -0.3 is 11.1 Å². The van der Waals surface area contributed by atoms with E-state index in [9.17, 15) is 4.79 Å². The zero-order valence-electron chi connectivity index (χ0n) is 8.08. The van der Waals surface area contributed by atoms with Gasteiger partial charge in [0.1, 0.15) is 4.88 Å². The average Bonchev–Trinajstić information content (AvgIpc) is 2.65. The molecule has 0 bridgehead atoms. The van der Waals surface area contributed by atoms with Gasteiger partial charge in [-0.15, -0.1) is 23.1 Å². The first kappa shape index (κ1) is 11.6. The summed E-state index contributed by atoms with van der Waals surface area (Å²) in [6.07, 6.45) is 2.80. The normalized spacial score (nSPS) is 10.1. The average molecular weight is 230 g/mol. The largest absolute Gasteiger partial charge is 0.351 e. The van der Waals surface area contributed by atoms with Crippen molar-refractivity contribution in [1.82, 2.24) is 5.32 Å². The second-order valence-corrected chi connectivity index (χ2v) is 4.48. The minimum Gasteiger partial charge on any atom is -0.351 e. The molecule has 3 nitrogen and oxygen atoms in total. The molecule has 0 atom stereocenters. The summed E-state index contributed by atoms with van der Waals surface area (Å²) in [6, 6.07) is 1.97. The number of carbonyl (C=O) groups excluding carboxylic acids is 1. The Morgan fingerprint density at radius 1 is 1.71 bits per heavy atom. The van der Waals surface area contributed by atoms with Crippen LogP contribution in [0.1, 0.15) is 16.1 Å². The molecule has 0 saturated carbocycles. The number of rotatable bonds is 5. The molecule has 0 aromatic carbocycles. The van der Waals surface area contributed by atoms with Gasteiger partial charge in [0.25, 0.3) is 5.91 Å². The van der Waals surface area contributed by atoms with Crippen molar-refractivity contribution in [1.29, 1.82) is 0 Å². The van der Waals surface area contributed by atoms with E-state index in [1.54, 1.807) is 11.8 Å². The zero-order chi connectivity index (χ0) is 10.4. The molecule has 1 amide bonds. The summed E-state index contributed by atoms with van der Waals surface area (Å²) < 4.78 is 0. The first-order valence-corrected chi connectivity index (χ1v) is 6.49. The van der Waals surface area contributed by atoms with Gasteiger partial charge >= 0.3 is 0 Å². The van der Waals surface area contributed by atoms with Crippen LogP contribution in [-0.2, 0) is 0 Å². The standard InChI is InChI=1S/C9H14N2OS2/c1-13-7-3-6-14-8(7)9(12)11-5-2-4-10/h3,6H,2,4-5,10H2,1H3,(H,11,12). The van der Waals surface area contributed by atoms with E-state index in [-0.39, 0.29) is 5.91 Å². The van der Waals surface area contributed by atoms with E-state index < -0.39 is 0 Å². The van der Waals surface area contributed by atoms with Gasteiger partial charge in [-0.1, -0.05) is 0 Å². The molecule has 0 unspecified atom stereocenters. The fourth-order valence-electron chi connectivity index (χ4n) is 1.01. The van der Waals surface area contributed by atoms with Crippen LogP contribution in [0.4, 0.5) is 0 Å². The second-order valence-electron chi connectivity index (χ2n) is 2.72. The summed E-state index contributed by atoms with van der Waals surface area (Å²) in [5, 5.41) is 4.77. The highest BCUT2D eigenvalue weighted by molar-refractivity contribution is 7.98. The van der Waals surface area contributed by atoms with E-state index in [1.807, 2.05) is 17.7 Å². The van der Waals surface area contributed by atoms with Crippen LogP contribution < -0.4 is 11.1 Å². The molecular weight excluding hydrogens is 216 g/mol. The lowest BCUT2D eigenvalue weighted by Gasteiger charge is -2.03. The van der Waals surface area contributed by atoms with Crippen LogP contribution in [-0.4, -0.2) is 25.3 Å². The second kappa shape index (κ2) is 6.06. The van der Waals surface area contributed by atoms with Crippen LogP contribution in [0, 0.1) is 0 Å². The Balaban J connectivity index is 2.51. The van der Waals surface area contributed by atoms with E-state index in [1.165, 1.54) is 11.3 Å². The molecule has 1 aromatic rings. The van der Waals surface area contributed by atoms with Crippen LogP contribution in [0.2, 0.25) is 0 Å². The van der Waals surface area contributed by atoms with Gasteiger partial charge in [0.2, 0.25) is 0 Å². The first-order valence-electron chi connectivity index (χ1n) is 4.39. The Kier molecular flexibility index (Phi) is 5.00. The predicted molar refractivity (Wildman–Crippen MR) is 62.1 cm³/mol. The Labute approximate surface area is 92.1 Å². The van der Waals surface area contributed by atoms with E-state index in [4.69, 9.17) is 5.73 Å². The third-order valence-electron chi connectivity index (χ3n) is 1.72. The van der Waals surface area contributed by atoms with Crippen molar-refractivity contribution in [3.8, 4) is 0 Å². The molecule has 0 spiro atoms. The van der Waals surface area contributed by atoms with Crippen LogP contribution in [0.15, 0.2) is 16.3 Å². The maximum atomic E-state index is 11.6. The van der Waals surface area contributed by atoms with Crippen molar-refractivity contribution in [3.05, 3.63) is 16.3 Å². The SMILES string of the molecule is CSc1ccsc1C(=O)NCCCN. The molecule has 0 aliphatic rings. The highest BCUT2D eigenvalue weighted by Gasteiger charge is 2.11. The van der Waals surface area contributed by atoms with Crippen molar-refractivity contribution >= 4 is 29.0 Å². The van der Waals surface area contributed by atoms with Gasteiger partial charge in [0.05, 0.1) is 0 Å². The number of nitrogens with one attached hydrogen (secondary N) is 1. The van der Waals surface area contributed by atoms with Gasteiger partial charge in [0, 0.05) is 11.4 Å². The maximum Gasteiger partial charge on any atom is 0.262 e. The molecule has 14 heavy (non-hydrogen) atoms. The Hall–Kier alpha value is -0.520. The van der Waals surface area contributed by atoms with E-state index in [0.717, 1.165) is 16.2 Å². The third kappa shape index (κ3) is 3.01. The molecule has 78 valence electrons. The number of carbonyl (C=O) groups is 1. The van der Waals surface area contributed by atoms with Crippen molar-refractivity contribution in [2.75, 3.05) is 19.3 Å². The summed E-state index contributed by atoms with van der Waals surface area (Å²) in [4.78, 5) is 13.4. The molecule has 1 heterocycles. The lowest BCUT2D eigenvalue weighted by Crippen LogP contribution is -2.25. The molecule has 0 fully saturated rings. The van der Waals surface area contributed by atoms with Gasteiger partial charge in [0.15, 0.2) is 0 Å². The van der Waals surface area contributed by atoms with Crippen molar-refractivity contribution < 1.29 is 4.79 Å². The zero-order valence-corrected chi connectivity index (χ0v) is 9.71. The van der Waals surface area contributed by atoms with Gasteiger partial charge in [-0.2, -0.15) is 0 Å². The lowest BCUT2D eigenvalue weighted by molar-refractivity contribution is 0.0955. The molecule has 1 aromatic heterocycles. The first-order chi connectivity index (χ1) is 6.79. The molecule has 0 aliphatic carbocycles. The summed E-state index contributed by atoms with van der Waals surface area (Å²) in [7, 11) is 0. The highest BCUT2D eigenvalue weighted by Crippen LogP contribution is 2.25. The molecule has 0 saturated heterocycles. The number of hydrogen-bond acceptors (Lipinski definition) is 4. The fourth-order valence-corrected chi connectivity index (χ4v) is 2.67.